The van der Waals surface area contributed by atoms with Gasteiger partial charge in [-0.3, -0.25) is 0 Å². The number of aryl methyl sites for hydroxylation is 1. The van der Waals surface area contributed by atoms with Gasteiger partial charge >= 0.3 is 0 Å². The minimum absolute atomic E-state index is 0.0485. The number of hydrogen-bond donors (Lipinski definition) is 0. The number of aromatic nitrogens is 2. The molecule has 4 heteroatoms. The largest absolute Gasteiger partial charge is 0.309 e. The highest BCUT2D eigenvalue weighted by Gasteiger charge is 2.32. The van der Waals surface area contributed by atoms with Gasteiger partial charge in [-0.1, -0.05) is 282 Å². The molecule has 0 N–H and O–H groups in total. The molecule has 15 aromatic rings. The Morgan fingerprint density at radius 1 is 0.215 bits per heavy atom. The number of benzene rings is 13. The van der Waals surface area contributed by atoms with Gasteiger partial charge < -0.3 is 18.9 Å². The predicted octanol–water partition coefficient (Wildman–Crippen LogP) is 29.6. The molecule has 0 saturated carbocycles. The highest BCUT2D eigenvalue weighted by molar-refractivity contribution is 6.12. The summed E-state index contributed by atoms with van der Waals surface area (Å²) in [7, 11) is 0. The maximum absolute atomic E-state index is 2.60. The van der Waals surface area contributed by atoms with Gasteiger partial charge in [-0.05, 0) is 228 Å². The molecule has 0 aliphatic heterocycles. The van der Waals surface area contributed by atoms with Crippen molar-refractivity contribution in [2.24, 2.45) is 0 Å². The first-order valence-electron chi connectivity index (χ1n) is 38.5. The summed E-state index contributed by atoms with van der Waals surface area (Å²) < 4.78 is 5.03. The molecule has 0 aliphatic carbocycles. The third-order valence-corrected chi connectivity index (χ3v) is 22.0. The van der Waals surface area contributed by atoms with Crippen molar-refractivity contribution >= 4 is 77.7 Å². The summed E-state index contributed by atoms with van der Waals surface area (Å²) in [6.45, 7) is 44.2. The Hall–Kier alpha value is -10.9. The molecule has 2 heterocycles. The Morgan fingerprint density at radius 2 is 0.467 bits per heavy atom. The normalized spacial score (nSPS) is 12.6. The molecule has 0 atom stereocenters. The summed E-state index contributed by atoms with van der Waals surface area (Å²) in [6.07, 6.45) is 0. The van der Waals surface area contributed by atoms with Gasteiger partial charge in [-0.15, -0.1) is 0 Å². The van der Waals surface area contributed by atoms with Crippen molar-refractivity contribution in [1.29, 1.82) is 0 Å². The number of rotatable bonds is 12. The number of hydrogen-bond acceptors (Lipinski definition) is 2. The monoisotopic (exact) mass is 1400 g/mol. The molecule has 107 heavy (non-hydrogen) atoms. The SMILES string of the molecule is Cc1cc(N(c2cccc(-n3c4ccc(C(C)(C)C)cc4c4cc(C(C)(C)C)ccc43)c2)c2c(-c3ccccc3)cc(C(C)(C)C)cc2-c2ccccc2)cc(N(c2cccc(-n3c4ccc(C(C)(C)C)cc4c4cc(C(C)(C)C)ccc43)c2)c2c(-c3ccccc3)cc(C(C)(C)C)cc2-c2ccccc2)c1. The first kappa shape index (κ1) is 71.7. The zero-order chi connectivity index (χ0) is 75.4. The van der Waals surface area contributed by atoms with Gasteiger partial charge in [0.25, 0.3) is 0 Å². The van der Waals surface area contributed by atoms with E-state index in [0.717, 1.165) is 95.6 Å². The second kappa shape index (κ2) is 26.8. The lowest BCUT2D eigenvalue weighted by atomic mass is 9.81. The van der Waals surface area contributed by atoms with Crippen LogP contribution in [0, 0.1) is 6.92 Å². The quantitative estimate of drug-likeness (QED) is 0.121. The lowest BCUT2D eigenvalue weighted by molar-refractivity contribution is 0.590. The minimum atomic E-state index is -0.197. The third kappa shape index (κ3) is 13.7. The van der Waals surface area contributed by atoms with Gasteiger partial charge in [0.15, 0.2) is 0 Å². The molecule has 4 nitrogen and oxygen atoms in total. The van der Waals surface area contributed by atoms with Crippen molar-refractivity contribution in [1.82, 2.24) is 9.13 Å². The van der Waals surface area contributed by atoms with Crippen LogP contribution in [0.5, 0.6) is 0 Å². The maximum atomic E-state index is 2.60. The summed E-state index contributed by atoms with van der Waals surface area (Å²) in [6, 6.07) is 109. The fraction of sp³-hybridized carbons (Fsp3) is 0.243. The molecule has 0 radical (unpaired) electrons. The van der Waals surface area contributed by atoms with E-state index in [9.17, 15) is 0 Å². The molecule has 2 aromatic heterocycles. The van der Waals surface area contributed by atoms with Crippen LogP contribution < -0.4 is 9.80 Å². The van der Waals surface area contributed by atoms with Crippen LogP contribution in [0.15, 0.2) is 285 Å². The molecule has 13 aromatic carbocycles. The van der Waals surface area contributed by atoms with E-state index in [2.05, 4.69) is 436 Å². The molecule has 0 aliphatic rings. The van der Waals surface area contributed by atoms with E-state index in [1.807, 2.05) is 0 Å². The van der Waals surface area contributed by atoms with Crippen LogP contribution in [0.3, 0.4) is 0 Å². The van der Waals surface area contributed by atoms with Gasteiger partial charge in [-0.2, -0.15) is 0 Å². The van der Waals surface area contributed by atoms with Crippen molar-refractivity contribution < 1.29 is 0 Å². The van der Waals surface area contributed by atoms with Gasteiger partial charge in [0.1, 0.15) is 0 Å². The molecule has 15 rings (SSSR count). The smallest absolute Gasteiger partial charge is 0.0618 e. The first-order valence-corrected chi connectivity index (χ1v) is 38.5. The van der Waals surface area contributed by atoms with Crippen molar-refractivity contribution in [3.8, 4) is 55.9 Å². The third-order valence-electron chi connectivity index (χ3n) is 22.0. The summed E-state index contributed by atoms with van der Waals surface area (Å²) in [5, 5.41) is 5.02. The van der Waals surface area contributed by atoms with Crippen molar-refractivity contribution in [2.45, 2.75) is 164 Å². The molecule has 0 fully saturated rings. The highest BCUT2D eigenvalue weighted by Crippen LogP contribution is 2.54. The van der Waals surface area contributed by atoms with E-state index in [-0.39, 0.29) is 32.5 Å². The van der Waals surface area contributed by atoms with Crippen LogP contribution in [0.1, 0.15) is 164 Å². The average molecular weight is 1400 g/mol. The molecule has 0 amide bonds. The van der Waals surface area contributed by atoms with Gasteiger partial charge in [0, 0.05) is 77.9 Å². The standard InChI is InChI=1S/C103H104N4/c1-67-54-82(104(96-84(68-34-24-20-25-35-68)60-76(102(14,15)16)61-85(96)69-36-26-21-27-37-69)78-42-32-44-80(64-78)106-92-50-46-72(98(2,3)4)56-88(92)89-57-73(99(5,6)7)47-51-93(89)106)66-83(55-67)105(97-86(70-38-28-22-29-39-70)62-77(103(17,18)19)63-87(97)71-40-30-23-31-41-71)79-43-33-45-81(65-79)107-94-52-48-74(100(8,9)10)58-90(94)91-59-75(101(11,12)13)49-53-95(91)107/h20-66H,1-19H3. The molecular formula is C103H104N4. The molecule has 536 valence electrons. The van der Waals surface area contributed by atoms with E-state index in [1.165, 1.54) is 77.0 Å². The second-order valence-electron chi connectivity index (χ2n) is 36.1. The van der Waals surface area contributed by atoms with Crippen LogP contribution in [0.4, 0.5) is 34.1 Å². The summed E-state index contributed by atoms with van der Waals surface area (Å²) in [4.78, 5) is 5.20. The van der Waals surface area contributed by atoms with Crippen LogP contribution in [-0.4, -0.2) is 9.13 Å². The van der Waals surface area contributed by atoms with E-state index in [1.54, 1.807) is 0 Å². The molecule has 0 spiro atoms. The topological polar surface area (TPSA) is 16.3 Å². The number of nitrogens with zero attached hydrogens (tertiary/aromatic N) is 4. The van der Waals surface area contributed by atoms with Crippen molar-refractivity contribution in [3.05, 3.63) is 324 Å². The van der Waals surface area contributed by atoms with Crippen LogP contribution in [-0.2, 0) is 32.5 Å². The van der Waals surface area contributed by atoms with E-state index < -0.39 is 0 Å². The number of fused-ring (bicyclic) bond motifs is 6. The lowest BCUT2D eigenvalue weighted by Gasteiger charge is -2.35. The van der Waals surface area contributed by atoms with Gasteiger partial charge in [-0.25, -0.2) is 0 Å². The first-order chi connectivity index (χ1) is 50.8. The van der Waals surface area contributed by atoms with E-state index >= 15 is 0 Å². The number of anilines is 6. The molecule has 0 saturated heterocycles. The zero-order valence-electron chi connectivity index (χ0n) is 66.4. The Kier molecular flexibility index (Phi) is 18.0. The van der Waals surface area contributed by atoms with Crippen LogP contribution >= 0.6 is 0 Å². The highest BCUT2D eigenvalue weighted by atomic mass is 15.2. The Bertz CT molecular complexity index is 5240. The van der Waals surface area contributed by atoms with E-state index in [4.69, 9.17) is 0 Å². The average Bonchev–Trinajstić information content (AvgIpc) is 1.73. The summed E-state index contributed by atoms with van der Waals surface area (Å²) >= 11 is 0. The van der Waals surface area contributed by atoms with Crippen LogP contribution in [0.25, 0.3) is 99.5 Å². The zero-order valence-corrected chi connectivity index (χ0v) is 66.4. The fourth-order valence-electron chi connectivity index (χ4n) is 15.8. The minimum Gasteiger partial charge on any atom is -0.309 e. The Balaban J connectivity index is 1.07. The van der Waals surface area contributed by atoms with Crippen molar-refractivity contribution in [2.75, 3.05) is 9.80 Å². The maximum Gasteiger partial charge on any atom is 0.0618 e. The predicted molar refractivity (Wildman–Crippen MR) is 463 cm³/mol. The summed E-state index contributed by atoms with van der Waals surface area (Å²) in [5.41, 5.74) is 30.5. The lowest BCUT2D eigenvalue weighted by Crippen LogP contribution is -2.18. The summed E-state index contributed by atoms with van der Waals surface area (Å²) in [5.74, 6) is 0. The molecular weight excluding hydrogens is 1290 g/mol. The van der Waals surface area contributed by atoms with Crippen LogP contribution in [0.2, 0.25) is 0 Å². The van der Waals surface area contributed by atoms with Gasteiger partial charge in [0.2, 0.25) is 0 Å². The molecule has 0 bridgehead atoms. The Labute approximate surface area is 636 Å². The Morgan fingerprint density at radius 3 is 0.710 bits per heavy atom. The van der Waals surface area contributed by atoms with Crippen molar-refractivity contribution in [3.63, 3.8) is 0 Å². The second-order valence-corrected chi connectivity index (χ2v) is 36.1. The molecule has 0 unspecified atom stereocenters. The fourth-order valence-corrected chi connectivity index (χ4v) is 15.8. The van der Waals surface area contributed by atoms with E-state index in [0.29, 0.717) is 0 Å². The van der Waals surface area contributed by atoms with Gasteiger partial charge in [0.05, 0.1) is 33.4 Å².